The third-order valence-electron chi connectivity index (χ3n) is 3.54. The van der Waals surface area contributed by atoms with Crippen LogP contribution in [0.5, 0.6) is 0 Å². The van der Waals surface area contributed by atoms with Crippen molar-refractivity contribution in [3.05, 3.63) is 46.3 Å². The maximum absolute atomic E-state index is 2.32. The van der Waals surface area contributed by atoms with E-state index in [1.807, 2.05) is 22.7 Å². The lowest BCUT2D eigenvalue weighted by Crippen LogP contribution is -1.91. The fourth-order valence-electron chi connectivity index (χ4n) is 2.58. The summed E-state index contributed by atoms with van der Waals surface area (Å²) in [6.45, 7) is 9.00. The van der Waals surface area contributed by atoms with Gasteiger partial charge in [0.2, 0.25) is 0 Å². The summed E-state index contributed by atoms with van der Waals surface area (Å²) in [5.74, 6) is 0.567. The molecule has 0 saturated heterocycles. The maximum atomic E-state index is 2.32. The van der Waals surface area contributed by atoms with Crippen LogP contribution in [0, 0.1) is 13.8 Å². The van der Waals surface area contributed by atoms with Gasteiger partial charge in [-0.1, -0.05) is 38.1 Å². The number of rotatable bonds is 2. The second-order valence-corrected chi connectivity index (χ2v) is 7.66. The molecule has 1 aromatic carbocycles. The first-order valence-corrected chi connectivity index (χ1v) is 8.30. The Labute approximate surface area is 122 Å². The molecule has 0 amide bonds. The van der Waals surface area contributed by atoms with Crippen LogP contribution < -0.4 is 0 Å². The van der Waals surface area contributed by atoms with Crippen LogP contribution in [0.3, 0.4) is 0 Å². The normalized spacial score (nSPS) is 11.6. The Morgan fingerprint density at radius 2 is 1.74 bits per heavy atom. The number of hydrogen-bond donors (Lipinski definition) is 0. The van der Waals surface area contributed by atoms with E-state index >= 15 is 0 Å². The van der Waals surface area contributed by atoms with Gasteiger partial charge in [0.25, 0.3) is 0 Å². The van der Waals surface area contributed by atoms with Crippen LogP contribution in [0.4, 0.5) is 0 Å². The first-order chi connectivity index (χ1) is 9.08. The zero-order valence-electron chi connectivity index (χ0n) is 11.8. The van der Waals surface area contributed by atoms with Crippen molar-refractivity contribution < 1.29 is 0 Å². The van der Waals surface area contributed by atoms with Crippen molar-refractivity contribution in [3.63, 3.8) is 0 Å². The zero-order valence-corrected chi connectivity index (χ0v) is 13.4. The molecule has 19 heavy (non-hydrogen) atoms. The van der Waals surface area contributed by atoms with E-state index in [9.17, 15) is 0 Å². The Kier molecular flexibility index (Phi) is 3.23. The van der Waals surface area contributed by atoms with E-state index in [0.29, 0.717) is 5.92 Å². The van der Waals surface area contributed by atoms with Gasteiger partial charge in [-0.15, -0.1) is 22.7 Å². The van der Waals surface area contributed by atoms with Crippen LogP contribution in [0.25, 0.3) is 19.8 Å². The van der Waals surface area contributed by atoms with E-state index in [1.165, 1.54) is 35.8 Å². The smallest absolute Gasteiger partial charge is 0.0489 e. The van der Waals surface area contributed by atoms with Gasteiger partial charge in [0.05, 0.1) is 0 Å². The van der Waals surface area contributed by atoms with E-state index in [4.69, 9.17) is 0 Å². The van der Waals surface area contributed by atoms with Crippen LogP contribution in [0.1, 0.15) is 35.8 Å². The molecular weight excluding hydrogens is 268 g/mol. The average Bonchev–Trinajstić information content (AvgIpc) is 2.88. The molecule has 98 valence electrons. The number of aryl methyl sites for hydroxylation is 2. The molecular formula is C17H18S2. The number of benzene rings is 1. The SMILES string of the molecule is Cc1cc2sc(-c3ccccc3C(C)C)c(C)c2s1. The van der Waals surface area contributed by atoms with Gasteiger partial charge in [-0.3, -0.25) is 0 Å². The number of thiophene rings is 2. The summed E-state index contributed by atoms with van der Waals surface area (Å²) < 4.78 is 2.91. The monoisotopic (exact) mass is 286 g/mol. The zero-order chi connectivity index (χ0) is 13.6. The molecule has 0 unspecified atom stereocenters. The Morgan fingerprint density at radius 3 is 2.42 bits per heavy atom. The molecule has 0 nitrogen and oxygen atoms in total. The predicted octanol–water partition coefficient (Wildman–Crippen LogP) is 6.37. The molecule has 0 aliphatic carbocycles. The quantitative estimate of drug-likeness (QED) is 0.513. The van der Waals surface area contributed by atoms with E-state index in [1.54, 1.807) is 0 Å². The molecule has 0 spiro atoms. The molecule has 0 aliphatic rings. The standard InChI is InChI=1S/C17H18S2/c1-10(2)13-7-5-6-8-14(13)16-12(4)17-15(19-16)9-11(3)18-17/h5-10H,1-4H3. The summed E-state index contributed by atoms with van der Waals surface area (Å²) in [6, 6.07) is 11.1. The van der Waals surface area contributed by atoms with Gasteiger partial charge >= 0.3 is 0 Å². The van der Waals surface area contributed by atoms with E-state index in [0.717, 1.165) is 0 Å². The van der Waals surface area contributed by atoms with Crippen molar-refractivity contribution in [1.29, 1.82) is 0 Å². The van der Waals surface area contributed by atoms with Gasteiger partial charge in [-0.25, -0.2) is 0 Å². The highest BCUT2D eigenvalue weighted by Gasteiger charge is 2.16. The first kappa shape index (κ1) is 12.9. The Bertz CT molecular complexity index is 729. The summed E-state index contributed by atoms with van der Waals surface area (Å²) in [4.78, 5) is 2.86. The highest BCUT2D eigenvalue weighted by Crippen LogP contribution is 2.44. The fraction of sp³-hybridized carbons (Fsp3) is 0.294. The molecule has 0 saturated carbocycles. The number of fused-ring (bicyclic) bond motifs is 1. The molecule has 0 aliphatic heterocycles. The van der Waals surface area contributed by atoms with Crippen molar-refractivity contribution >= 4 is 32.1 Å². The minimum atomic E-state index is 0.567. The van der Waals surface area contributed by atoms with Crippen LogP contribution in [-0.2, 0) is 0 Å². The van der Waals surface area contributed by atoms with Gasteiger partial charge in [0, 0.05) is 19.2 Å². The summed E-state index contributed by atoms with van der Waals surface area (Å²) in [6.07, 6.45) is 0. The van der Waals surface area contributed by atoms with Gasteiger partial charge < -0.3 is 0 Å². The van der Waals surface area contributed by atoms with E-state index < -0.39 is 0 Å². The molecule has 2 heterocycles. The van der Waals surface area contributed by atoms with Crippen molar-refractivity contribution in [2.24, 2.45) is 0 Å². The lowest BCUT2D eigenvalue weighted by atomic mass is 9.95. The largest absolute Gasteiger partial charge is 0.139 e. The third-order valence-corrected chi connectivity index (χ3v) is 6.11. The molecule has 3 rings (SSSR count). The molecule has 3 aromatic rings. The predicted molar refractivity (Wildman–Crippen MR) is 88.7 cm³/mol. The van der Waals surface area contributed by atoms with Crippen LogP contribution >= 0.6 is 22.7 Å². The summed E-state index contributed by atoms with van der Waals surface area (Å²) in [5, 5.41) is 0. The highest BCUT2D eigenvalue weighted by atomic mass is 32.1. The van der Waals surface area contributed by atoms with Gasteiger partial charge in [0.1, 0.15) is 0 Å². The molecule has 0 radical (unpaired) electrons. The molecule has 2 aromatic heterocycles. The van der Waals surface area contributed by atoms with Gasteiger partial charge in [-0.05, 0) is 42.5 Å². The molecule has 0 fully saturated rings. The van der Waals surface area contributed by atoms with E-state index in [-0.39, 0.29) is 0 Å². The van der Waals surface area contributed by atoms with Crippen LogP contribution in [0.2, 0.25) is 0 Å². The van der Waals surface area contributed by atoms with Crippen molar-refractivity contribution in [1.82, 2.24) is 0 Å². The minimum absolute atomic E-state index is 0.567. The topological polar surface area (TPSA) is 0 Å². The van der Waals surface area contributed by atoms with Gasteiger partial charge in [-0.2, -0.15) is 0 Å². The Morgan fingerprint density at radius 1 is 1.00 bits per heavy atom. The Balaban J connectivity index is 2.24. The third kappa shape index (κ3) is 2.13. The van der Waals surface area contributed by atoms with Crippen molar-refractivity contribution in [2.45, 2.75) is 33.6 Å². The number of hydrogen-bond acceptors (Lipinski definition) is 2. The summed E-state index contributed by atoms with van der Waals surface area (Å²) in [7, 11) is 0. The maximum Gasteiger partial charge on any atom is 0.0489 e. The first-order valence-electron chi connectivity index (χ1n) is 6.66. The fourth-order valence-corrected chi connectivity index (χ4v) is 5.14. The highest BCUT2D eigenvalue weighted by molar-refractivity contribution is 7.29. The van der Waals surface area contributed by atoms with Gasteiger partial charge in [0.15, 0.2) is 0 Å². The summed E-state index contributed by atoms with van der Waals surface area (Å²) in [5.41, 5.74) is 4.32. The second kappa shape index (κ2) is 4.77. The minimum Gasteiger partial charge on any atom is -0.139 e. The molecule has 0 N–H and O–H groups in total. The second-order valence-electron chi connectivity index (χ2n) is 5.35. The van der Waals surface area contributed by atoms with E-state index in [2.05, 4.69) is 58.0 Å². The lowest BCUT2D eigenvalue weighted by Gasteiger charge is -2.12. The summed E-state index contributed by atoms with van der Waals surface area (Å²) >= 11 is 3.86. The molecule has 0 atom stereocenters. The Hall–Kier alpha value is -1.12. The molecule has 2 heteroatoms. The van der Waals surface area contributed by atoms with Crippen LogP contribution in [0.15, 0.2) is 30.3 Å². The molecule has 0 bridgehead atoms. The lowest BCUT2D eigenvalue weighted by molar-refractivity contribution is 0.869. The average molecular weight is 286 g/mol. The van der Waals surface area contributed by atoms with Crippen LogP contribution in [-0.4, -0.2) is 0 Å². The van der Waals surface area contributed by atoms with Crippen molar-refractivity contribution in [2.75, 3.05) is 0 Å². The van der Waals surface area contributed by atoms with Crippen molar-refractivity contribution in [3.8, 4) is 10.4 Å².